The van der Waals surface area contributed by atoms with E-state index in [1.165, 1.54) is 12.8 Å². The summed E-state index contributed by atoms with van der Waals surface area (Å²) < 4.78 is 10.8. The zero-order valence-corrected chi connectivity index (χ0v) is 21.6. The largest absolute Gasteiger partial charge is 0.466 e. The van der Waals surface area contributed by atoms with Gasteiger partial charge in [0.1, 0.15) is 0 Å². The van der Waals surface area contributed by atoms with Gasteiger partial charge in [-0.25, -0.2) is 0 Å². The molecule has 0 N–H and O–H groups in total. The molecule has 0 aliphatic heterocycles. The summed E-state index contributed by atoms with van der Waals surface area (Å²) in [5, 5.41) is 0. The van der Waals surface area contributed by atoms with Gasteiger partial charge < -0.3 is 9.47 Å². The van der Waals surface area contributed by atoms with E-state index in [1.54, 1.807) is 0 Å². The molecule has 0 rings (SSSR count). The van der Waals surface area contributed by atoms with Gasteiger partial charge in [0.05, 0.1) is 13.2 Å². The van der Waals surface area contributed by atoms with Crippen LogP contribution in [0.2, 0.25) is 0 Å². The molecule has 184 valence electrons. The number of carbonyl (C=O) groups is 2. The SMILES string of the molecule is CCCCC(CC)COC(=O)CCCCCCCCC(=O)OCCC(C)CC(C)(C)C. The zero-order valence-electron chi connectivity index (χ0n) is 21.6. The van der Waals surface area contributed by atoms with Crippen molar-refractivity contribution in [1.82, 2.24) is 0 Å². The van der Waals surface area contributed by atoms with Crippen LogP contribution in [-0.4, -0.2) is 25.2 Å². The lowest BCUT2D eigenvalue weighted by molar-refractivity contribution is -0.145. The Labute approximate surface area is 193 Å². The Morgan fingerprint density at radius 3 is 1.84 bits per heavy atom. The van der Waals surface area contributed by atoms with Crippen LogP contribution in [0, 0.1) is 17.3 Å². The molecule has 2 unspecified atom stereocenters. The molecule has 0 heterocycles. The monoisotopic (exact) mass is 440 g/mol. The van der Waals surface area contributed by atoms with E-state index in [0.717, 1.165) is 64.2 Å². The van der Waals surface area contributed by atoms with Crippen LogP contribution in [0.4, 0.5) is 0 Å². The number of rotatable bonds is 19. The Bertz CT molecular complexity index is 453. The Morgan fingerprint density at radius 2 is 1.32 bits per heavy atom. The van der Waals surface area contributed by atoms with Gasteiger partial charge in [-0.3, -0.25) is 9.59 Å². The second-order valence-electron chi connectivity index (χ2n) is 10.6. The van der Waals surface area contributed by atoms with E-state index in [2.05, 4.69) is 41.5 Å². The molecule has 2 atom stereocenters. The number of esters is 2. The molecule has 0 aromatic rings. The van der Waals surface area contributed by atoms with Crippen LogP contribution in [0.25, 0.3) is 0 Å². The summed E-state index contributed by atoms with van der Waals surface area (Å²) in [6, 6.07) is 0. The molecule has 0 saturated heterocycles. The van der Waals surface area contributed by atoms with E-state index in [9.17, 15) is 9.59 Å². The van der Waals surface area contributed by atoms with Gasteiger partial charge in [-0.2, -0.15) is 0 Å². The van der Waals surface area contributed by atoms with E-state index in [-0.39, 0.29) is 11.9 Å². The fourth-order valence-electron chi connectivity index (χ4n) is 4.02. The van der Waals surface area contributed by atoms with E-state index in [0.29, 0.717) is 43.3 Å². The molecule has 4 heteroatoms. The van der Waals surface area contributed by atoms with Crippen LogP contribution in [0.5, 0.6) is 0 Å². The molecule has 0 aliphatic rings. The maximum atomic E-state index is 11.9. The second kappa shape index (κ2) is 18.5. The van der Waals surface area contributed by atoms with Crippen LogP contribution in [0.3, 0.4) is 0 Å². The fraction of sp³-hybridized carbons (Fsp3) is 0.926. The highest BCUT2D eigenvalue weighted by Gasteiger charge is 2.15. The topological polar surface area (TPSA) is 52.6 Å². The maximum absolute atomic E-state index is 11.9. The molecule has 0 aromatic heterocycles. The minimum atomic E-state index is -0.0602. The Hall–Kier alpha value is -1.06. The third-order valence-corrected chi connectivity index (χ3v) is 5.87. The zero-order chi connectivity index (χ0) is 23.5. The van der Waals surface area contributed by atoms with Gasteiger partial charge in [-0.1, -0.05) is 86.5 Å². The van der Waals surface area contributed by atoms with Crippen molar-refractivity contribution < 1.29 is 19.1 Å². The molecule has 0 amide bonds. The summed E-state index contributed by atoms with van der Waals surface area (Å²) in [7, 11) is 0. The third-order valence-electron chi connectivity index (χ3n) is 5.87. The summed E-state index contributed by atoms with van der Waals surface area (Å²) in [6.45, 7) is 14.5. The smallest absolute Gasteiger partial charge is 0.305 e. The summed E-state index contributed by atoms with van der Waals surface area (Å²) in [4.78, 5) is 23.7. The maximum Gasteiger partial charge on any atom is 0.305 e. The van der Waals surface area contributed by atoms with Gasteiger partial charge in [-0.15, -0.1) is 0 Å². The predicted molar refractivity (Wildman–Crippen MR) is 130 cm³/mol. The minimum Gasteiger partial charge on any atom is -0.466 e. The second-order valence-corrected chi connectivity index (χ2v) is 10.6. The summed E-state index contributed by atoms with van der Waals surface area (Å²) in [5.41, 5.74) is 0.329. The molecular formula is C27H52O4. The minimum absolute atomic E-state index is 0.0467. The van der Waals surface area contributed by atoms with Crippen molar-refractivity contribution in [3.8, 4) is 0 Å². The normalized spacial score (nSPS) is 13.6. The summed E-state index contributed by atoms with van der Waals surface area (Å²) in [5.74, 6) is 0.992. The molecule has 0 aliphatic carbocycles. The molecule has 0 bridgehead atoms. The number of hydrogen-bond acceptors (Lipinski definition) is 4. The average molecular weight is 441 g/mol. The van der Waals surface area contributed by atoms with E-state index in [1.807, 2.05) is 0 Å². The van der Waals surface area contributed by atoms with Gasteiger partial charge in [0.2, 0.25) is 0 Å². The molecule has 0 saturated carbocycles. The first-order valence-electron chi connectivity index (χ1n) is 13.0. The fourth-order valence-corrected chi connectivity index (χ4v) is 4.02. The van der Waals surface area contributed by atoms with Gasteiger partial charge in [0.15, 0.2) is 0 Å². The molecule has 31 heavy (non-hydrogen) atoms. The molecule has 0 aromatic carbocycles. The number of hydrogen-bond donors (Lipinski definition) is 0. The Kier molecular flexibility index (Phi) is 17.9. The lowest BCUT2D eigenvalue weighted by atomic mass is 9.84. The molecule has 0 radical (unpaired) electrons. The first kappa shape index (κ1) is 29.9. The van der Waals surface area contributed by atoms with Crippen LogP contribution in [0.1, 0.15) is 131 Å². The van der Waals surface area contributed by atoms with Crippen LogP contribution in [0.15, 0.2) is 0 Å². The van der Waals surface area contributed by atoms with Crippen molar-refractivity contribution in [1.29, 1.82) is 0 Å². The van der Waals surface area contributed by atoms with E-state index >= 15 is 0 Å². The standard InChI is InChI=1S/C27H52O4/c1-7-9-16-24(8-2)22-31-26(29)18-15-13-11-10-12-14-17-25(28)30-20-19-23(3)21-27(4,5)6/h23-24H,7-22H2,1-6H3. The van der Waals surface area contributed by atoms with Crippen molar-refractivity contribution in [2.75, 3.05) is 13.2 Å². The quantitative estimate of drug-likeness (QED) is 0.151. The predicted octanol–water partition coefficient (Wildman–Crippen LogP) is 7.87. The molecule has 4 nitrogen and oxygen atoms in total. The van der Waals surface area contributed by atoms with Crippen molar-refractivity contribution in [3.05, 3.63) is 0 Å². The highest BCUT2D eigenvalue weighted by molar-refractivity contribution is 5.69. The summed E-state index contributed by atoms with van der Waals surface area (Å²) in [6.07, 6.45) is 13.9. The van der Waals surface area contributed by atoms with Gasteiger partial charge >= 0.3 is 11.9 Å². The highest BCUT2D eigenvalue weighted by atomic mass is 16.5. The van der Waals surface area contributed by atoms with E-state index in [4.69, 9.17) is 9.47 Å². The highest BCUT2D eigenvalue weighted by Crippen LogP contribution is 2.25. The molecular weight excluding hydrogens is 388 g/mol. The number of carbonyl (C=O) groups excluding carboxylic acids is 2. The van der Waals surface area contributed by atoms with Gasteiger partial charge in [0, 0.05) is 12.8 Å². The first-order chi connectivity index (χ1) is 14.7. The Balaban J connectivity index is 3.54. The van der Waals surface area contributed by atoms with Crippen LogP contribution in [-0.2, 0) is 19.1 Å². The Morgan fingerprint density at radius 1 is 0.774 bits per heavy atom. The summed E-state index contributed by atoms with van der Waals surface area (Å²) >= 11 is 0. The van der Waals surface area contributed by atoms with Crippen molar-refractivity contribution >= 4 is 11.9 Å². The van der Waals surface area contributed by atoms with Crippen molar-refractivity contribution in [2.45, 2.75) is 131 Å². The molecule has 0 spiro atoms. The van der Waals surface area contributed by atoms with Crippen molar-refractivity contribution in [2.24, 2.45) is 17.3 Å². The van der Waals surface area contributed by atoms with Crippen molar-refractivity contribution in [3.63, 3.8) is 0 Å². The van der Waals surface area contributed by atoms with E-state index < -0.39 is 0 Å². The molecule has 0 fully saturated rings. The first-order valence-corrected chi connectivity index (χ1v) is 13.0. The number of ether oxygens (including phenoxy) is 2. The third kappa shape index (κ3) is 20.6. The average Bonchev–Trinajstić information content (AvgIpc) is 2.68. The number of unbranched alkanes of at least 4 members (excludes halogenated alkanes) is 6. The van der Waals surface area contributed by atoms with Gasteiger partial charge in [0.25, 0.3) is 0 Å². The van der Waals surface area contributed by atoms with Crippen LogP contribution >= 0.6 is 0 Å². The van der Waals surface area contributed by atoms with Crippen LogP contribution < -0.4 is 0 Å². The van der Waals surface area contributed by atoms with Gasteiger partial charge in [-0.05, 0) is 49.4 Å². The lowest BCUT2D eigenvalue weighted by Gasteiger charge is -2.22. The lowest BCUT2D eigenvalue weighted by Crippen LogP contribution is -2.14.